The van der Waals surface area contributed by atoms with Crippen LogP contribution in [0, 0.1) is 12.7 Å². The molecule has 0 amide bonds. The maximum Gasteiger partial charge on any atom is 0.146 e. The molecule has 2 rings (SSSR count). The van der Waals surface area contributed by atoms with E-state index in [1.807, 2.05) is 6.92 Å². The van der Waals surface area contributed by atoms with Gasteiger partial charge in [0.15, 0.2) is 0 Å². The molecule has 0 bridgehead atoms. The highest BCUT2D eigenvalue weighted by Gasteiger charge is 2.07. The Kier molecular flexibility index (Phi) is 3.72. The van der Waals surface area contributed by atoms with Gasteiger partial charge in [-0.3, -0.25) is 0 Å². The summed E-state index contributed by atoms with van der Waals surface area (Å²) in [5, 5.41) is 13.1. The summed E-state index contributed by atoms with van der Waals surface area (Å²) in [6.45, 7) is 2.16. The number of nitrogens with one attached hydrogen (secondary N) is 1. The molecule has 0 aliphatic carbocycles. The number of anilines is 1. The molecule has 18 heavy (non-hydrogen) atoms. The van der Waals surface area contributed by atoms with E-state index < -0.39 is 0 Å². The van der Waals surface area contributed by atoms with Crippen molar-refractivity contribution in [2.24, 2.45) is 0 Å². The third kappa shape index (κ3) is 2.74. The predicted octanol–water partition coefficient (Wildman–Crippen LogP) is 4.11. The zero-order valence-electron chi connectivity index (χ0n) is 9.87. The summed E-state index contributed by atoms with van der Waals surface area (Å²) >= 11 is 5.97. The standard InChI is InChI=1S/C14H13ClFNO/c1-9-5-6-12(16)13(7-9)17-8-10-11(15)3-2-4-14(10)18/h2-7,17-18H,8H2,1H3. The normalized spacial score (nSPS) is 10.4. The fourth-order valence-electron chi connectivity index (χ4n) is 1.68. The molecule has 2 aromatic carbocycles. The van der Waals surface area contributed by atoms with Crippen LogP contribution < -0.4 is 5.32 Å². The second-order valence-corrected chi connectivity index (χ2v) is 4.48. The summed E-state index contributed by atoms with van der Waals surface area (Å²) in [6.07, 6.45) is 0. The van der Waals surface area contributed by atoms with Gasteiger partial charge in [0.2, 0.25) is 0 Å². The van der Waals surface area contributed by atoms with E-state index in [2.05, 4.69) is 5.32 Å². The summed E-state index contributed by atoms with van der Waals surface area (Å²) in [5.74, 6) is -0.227. The summed E-state index contributed by atoms with van der Waals surface area (Å²) in [7, 11) is 0. The Labute approximate surface area is 110 Å². The third-order valence-corrected chi connectivity index (χ3v) is 3.03. The highest BCUT2D eigenvalue weighted by atomic mass is 35.5. The smallest absolute Gasteiger partial charge is 0.146 e. The van der Waals surface area contributed by atoms with Crippen LogP contribution >= 0.6 is 11.6 Å². The fourth-order valence-corrected chi connectivity index (χ4v) is 1.92. The Balaban J connectivity index is 2.19. The molecule has 2 aromatic rings. The minimum absolute atomic E-state index is 0.100. The van der Waals surface area contributed by atoms with Crippen molar-refractivity contribution in [1.82, 2.24) is 0 Å². The minimum atomic E-state index is -0.327. The van der Waals surface area contributed by atoms with Crippen LogP contribution in [-0.4, -0.2) is 5.11 Å². The highest BCUT2D eigenvalue weighted by molar-refractivity contribution is 6.31. The van der Waals surface area contributed by atoms with Crippen LogP contribution in [0.15, 0.2) is 36.4 Å². The average Bonchev–Trinajstić information content (AvgIpc) is 2.33. The zero-order valence-corrected chi connectivity index (χ0v) is 10.6. The first kappa shape index (κ1) is 12.7. The molecule has 0 fully saturated rings. The molecule has 0 aromatic heterocycles. The van der Waals surface area contributed by atoms with Crippen LogP contribution in [0.2, 0.25) is 5.02 Å². The van der Waals surface area contributed by atoms with E-state index in [4.69, 9.17) is 11.6 Å². The first-order valence-electron chi connectivity index (χ1n) is 5.54. The summed E-state index contributed by atoms with van der Waals surface area (Å²) in [6, 6.07) is 9.72. The van der Waals surface area contributed by atoms with Crippen molar-refractivity contribution in [1.29, 1.82) is 0 Å². The lowest BCUT2D eigenvalue weighted by Gasteiger charge is -2.11. The van der Waals surface area contributed by atoms with E-state index in [1.165, 1.54) is 6.07 Å². The Morgan fingerprint density at radius 3 is 2.78 bits per heavy atom. The fraction of sp³-hybridized carbons (Fsp3) is 0.143. The number of aryl methyl sites for hydroxylation is 1. The van der Waals surface area contributed by atoms with E-state index in [0.29, 0.717) is 16.3 Å². The van der Waals surface area contributed by atoms with E-state index in [1.54, 1.807) is 30.3 Å². The van der Waals surface area contributed by atoms with Crippen LogP contribution in [0.3, 0.4) is 0 Å². The Morgan fingerprint density at radius 2 is 2.06 bits per heavy atom. The number of rotatable bonds is 3. The van der Waals surface area contributed by atoms with Crippen LogP contribution in [0.25, 0.3) is 0 Å². The summed E-state index contributed by atoms with van der Waals surface area (Å²) in [4.78, 5) is 0. The molecule has 94 valence electrons. The Bertz CT molecular complexity index is 551. The van der Waals surface area contributed by atoms with Gasteiger partial charge in [-0.1, -0.05) is 23.7 Å². The van der Waals surface area contributed by atoms with Crippen LogP contribution in [0.5, 0.6) is 5.75 Å². The molecule has 0 atom stereocenters. The lowest BCUT2D eigenvalue weighted by atomic mass is 10.1. The van der Waals surface area contributed by atoms with E-state index in [9.17, 15) is 9.50 Å². The number of phenols is 1. The van der Waals surface area contributed by atoms with Gasteiger partial charge in [-0.15, -0.1) is 0 Å². The van der Waals surface area contributed by atoms with Crippen molar-refractivity contribution < 1.29 is 9.50 Å². The van der Waals surface area contributed by atoms with Crippen molar-refractivity contribution in [3.8, 4) is 5.75 Å². The van der Waals surface area contributed by atoms with Crippen LogP contribution in [0.4, 0.5) is 10.1 Å². The Morgan fingerprint density at radius 1 is 1.28 bits per heavy atom. The summed E-state index contributed by atoms with van der Waals surface area (Å²) in [5.41, 5.74) is 1.91. The van der Waals surface area contributed by atoms with Gasteiger partial charge in [-0.25, -0.2) is 4.39 Å². The van der Waals surface area contributed by atoms with Gasteiger partial charge in [0.25, 0.3) is 0 Å². The first-order chi connectivity index (χ1) is 8.58. The lowest BCUT2D eigenvalue weighted by molar-refractivity contribution is 0.469. The molecule has 0 heterocycles. The largest absolute Gasteiger partial charge is 0.508 e. The monoisotopic (exact) mass is 265 g/mol. The molecular weight excluding hydrogens is 253 g/mol. The van der Waals surface area contributed by atoms with Crippen molar-refractivity contribution in [3.05, 3.63) is 58.4 Å². The molecular formula is C14H13ClFNO. The van der Waals surface area contributed by atoms with Gasteiger partial charge in [-0.05, 0) is 36.8 Å². The maximum atomic E-state index is 13.5. The lowest BCUT2D eigenvalue weighted by Crippen LogP contribution is -2.02. The van der Waals surface area contributed by atoms with E-state index >= 15 is 0 Å². The molecule has 0 saturated heterocycles. The van der Waals surface area contributed by atoms with Gasteiger partial charge < -0.3 is 10.4 Å². The van der Waals surface area contributed by atoms with E-state index in [0.717, 1.165) is 5.56 Å². The van der Waals surface area contributed by atoms with Crippen molar-refractivity contribution in [2.75, 3.05) is 5.32 Å². The average molecular weight is 266 g/mol. The summed E-state index contributed by atoms with van der Waals surface area (Å²) < 4.78 is 13.5. The molecule has 0 unspecified atom stereocenters. The number of phenolic OH excluding ortho intramolecular Hbond substituents is 1. The second kappa shape index (κ2) is 5.27. The quantitative estimate of drug-likeness (QED) is 0.875. The highest BCUT2D eigenvalue weighted by Crippen LogP contribution is 2.26. The topological polar surface area (TPSA) is 32.3 Å². The maximum absolute atomic E-state index is 13.5. The number of hydrogen-bond acceptors (Lipinski definition) is 2. The van der Waals surface area contributed by atoms with Gasteiger partial charge in [0, 0.05) is 17.1 Å². The van der Waals surface area contributed by atoms with Crippen molar-refractivity contribution in [3.63, 3.8) is 0 Å². The van der Waals surface area contributed by atoms with Gasteiger partial charge >= 0.3 is 0 Å². The van der Waals surface area contributed by atoms with Gasteiger partial charge in [-0.2, -0.15) is 0 Å². The number of aromatic hydroxyl groups is 1. The molecule has 2 nitrogen and oxygen atoms in total. The molecule has 4 heteroatoms. The molecule has 0 saturated carbocycles. The first-order valence-corrected chi connectivity index (χ1v) is 5.92. The van der Waals surface area contributed by atoms with Crippen LogP contribution in [-0.2, 0) is 6.54 Å². The van der Waals surface area contributed by atoms with Crippen molar-refractivity contribution >= 4 is 17.3 Å². The predicted molar refractivity (Wildman–Crippen MR) is 71.6 cm³/mol. The molecule has 2 N–H and O–H groups in total. The van der Waals surface area contributed by atoms with Gasteiger partial charge in [0.1, 0.15) is 11.6 Å². The molecule has 0 aliphatic heterocycles. The Hall–Kier alpha value is -1.74. The molecule has 0 radical (unpaired) electrons. The second-order valence-electron chi connectivity index (χ2n) is 4.07. The van der Waals surface area contributed by atoms with Gasteiger partial charge in [0.05, 0.1) is 5.69 Å². The molecule has 0 spiro atoms. The van der Waals surface area contributed by atoms with E-state index in [-0.39, 0.29) is 18.1 Å². The minimum Gasteiger partial charge on any atom is -0.508 e. The molecule has 0 aliphatic rings. The SMILES string of the molecule is Cc1ccc(F)c(NCc2c(O)cccc2Cl)c1. The van der Waals surface area contributed by atoms with Crippen molar-refractivity contribution in [2.45, 2.75) is 13.5 Å². The number of halogens is 2. The zero-order chi connectivity index (χ0) is 13.1. The van der Waals surface area contributed by atoms with Crippen LogP contribution in [0.1, 0.15) is 11.1 Å². The number of benzene rings is 2. The third-order valence-electron chi connectivity index (χ3n) is 2.67. The number of hydrogen-bond donors (Lipinski definition) is 2.